The van der Waals surface area contributed by atoms with E-state index in [4.69, 9.17) is 4.74 Å². The topological polar surface area (TPSA) is 107 Å². The van der Waals surface area contributed by atoms with Crippen molar-refractivity contribution < 1.29 is 41.7 Å². The van der Waals surface area contributed by atoms with E-state index in [1.54, 1.807) is 0 Å². The van der Waals surface area contributed by atoms with Crippen LogP contribution in [0.5, 0.6) is 5.75 Å². The van der Waals surface area contributed by atoms with Crippen molar-refractivity contribution in [3.63, 3.8) is 0 Å². The van der Waals surface area contributed by atoms with Crippen LogP contribution in [0.3, 0.4) is 0 Å². The summed E-state index contributed by atoms with van der Waals surface area (Å²) in [6.45, 7) is 0.388. The molecule has 2 unspecified atom stereocenters. The average molecular weight is 605 g/mol. The quantitative estimate of drug-likeness (QED) is 0.246. The number of fused-ring (bicyclic) bond motifs is 1. The average Bonchev–Trinajstić information content (AvgIpc) is 3.80. The molecule has 3 aromatic rings. The highest BCUT2D eigenvalue weighted by Crippen LogP contribution is 2.41. The first-order valence-corrected chi connectivity index (χ1v) is 13.5. The van der Waals surface area contributed by atoms with Gasteiger partial charge in [-0.25, -0.2) is 13.8 Å². The minimum Gasteiger partial charge on any atom is -0.494 e. The number of carbonyl (C=O) groups is 1. The molecule has 43 heavy (non-hydrogen) atoms. The highest BCUT2D eigenvalue weighted by molar-refractivity contribution is 5.97. The van der Waals surface area contributed by atoms with Crippen LogP contribution in [0.4, 0.5) is 27.6 Å². The summed E-state index contributed by atoms with van der Waals surface area (Å²) in [6, 6.07) is 8.71. The molecule has 1 fully saturated rings. The van der Waals surface area contributed by atoms with Crippen LogP contribution < -0.4 is 15.5 Å². The summed E-state index contributed by atoms with van der Waals surface area (Å²) in [6.07, 6.45) is -4.05. The number of anilines is 1. The summed E-state index contributed by atoms with van der Waals surface area (Å²) < 4.78 is 77.2. The number of aliphatic hydroxyl groups excluding tert-OH is 2. The number of hydrogen-bond acceptors (Lipinski definition) is 7. The molecule has 2 heterocycles. The molecule has 1 amide bonds. The molecule has 0 spiro atoms. The molecule has 0 saturated heterocycles. The highest BCUT2D eigenvalue weighted by Gasteiger charge is 2.41. The molecule has 2 aliphatic rings. The Labute approximate surface area is 243 Å². The largest absolute Gasteiger partial charge is 0.494 e. The second kappa shape index (κ2) is 11.8. The number of amides is 1. The molecular formula is C30H29F5N4O4. The zero-order valence-electron chi connectivity index (χ0n) is 23.2. The van der Waals surface area contributed by atoms with Gasteiger partial charge in [0.1, 0.15) is 34.7 Å². The summed E-state index contributed by atoms with van der Waals surface area (Å²) in [5.41, 5.74) is 1.54. The zero-order chi connectivity index (χ0) is 31.1. The summed E-state index contributed by atoms with van der Waals surface area (Å²) in [7, 11) is 1.31. The van der Waals surface area contributed by atoms with Crippen molar-refractivity contribution in [2.24, 2.45) is 0 Å². The number of allylic oxidation sites excluding steroid dienone is 1. The van der Waals surface area contributed by atoms with Gasteiger partial charge in [-0.15, -0.1) is 0 Å². The van der Waals surface area contributed by atoms with Crippen molar-refractivity contribution in [3.8, 4) is 17.0 Å². The Bertz CT molecular complexity index is 1560. The van der Waals surface area contributed by atoms with E-state index in [0.717, 1.165) is 31.1 Å². The van der Waals surface area contributed by atoms with E-state index in [-0.39, 0.29) is 51.1 Å². The van der Waals surface area contributed by atoms with E-state index < -0.39 is 54.6 Å². The number of aliphatic hydroxyl groups is 2. The Morgan fingerprint density at radius 1 is 1.19 bits per heavy atom. The Hall–Kier alpha value is -4.23. The summed E-state index contributed by atoms with van der Waals surface area (Å²) in [5, 5.41) is 24.3. The van der Waals surface area contributed by atoms with Gasteiger partial charge in [-0.2, -0.15) is 13.2 Å². The third-order valence-electron chi connectivity index (χ3n) is 7.27. The first kappa shape index (κ1) is 30.2. The van der Waals surface area contributed by atoms with E-state index in [2.05, 4.69) is 15.7 Å². The lowest BCUT2D eigenvalue weighted by molar-refractivity contribution is -0.110. The first-order chi connectivity index (χ1) is 20.4. The van der Waals surface area contributed by atoms with Gasteiger partial charge in [0.15, 0.2) is 5.82 Å². The molecule has 0 bridgehead atoms. The fourth-order valence-corrected chi connectivity index (χ4v) is 4.72. The molecule has 1 aromatic heterocycles. The second-order valence-corrected chi connectivity index (χ2v) is 10.5. The number of rotatable bonds is 9. The first-order valence-electron chi connectivity index (χ1n) is 13.5. The van der Waals surface area contributed by atoms with Gasteiger partial charge in [-0.3, -0.25) is 15.2 Å². The van der Waals surface area contributed by atoms with E-state index in [1.807, 2.05) is 0 Å². The lowest BCUT2D eigenvalue weighted by Gasteiger charge is -2.35. The minimum absolute atomic E-state index is 0.0203. The number of methoxy groups -OCH3 is 1. The molecule has 5 rings (SSSR count). The number of hydrazine groups is 1. The van der Waals surface area contributed by atoms with Gasteiger partial charge in [0, 0.05) is 35.3 Å². The third kappa shape index (κ3) is 6.42. The monoisotopic (exact) mass is 604 g/mol. The van der Waals surface area contributed by atoms with Gasteiger partial charge in [-0.05, 0) is 66.9 Å². The number of β-amino-alcohol motifs (C(OH)–C–C–N with tert-alkyl or cyclic N) is 1. The Kier molecular flexibility index (Phi) is 8.30. The fourth-order valence-electron chi connectivity index (χ4n) is 4.72. The molecule has 0 radical (unpaired) electrons. The van der Waals surface area contributed by atoms with Crippen LogP contribution in [0.2, 0.25) is 0 Å². The second-order valence-electron chi connectivity index (χ2n) is 10.5. The zero-order valence-corrected chi connectivity index (χ0v) is 23.2. The van der Waals surface area contributed by atoms with Crippen LogP contribution in [-0.4, -0.2) is 58.6 Å². The van der Waals surface area contributed by atoms with Gasteiger partial charge < -0.3 is 20.3 Å². The molecule has 8 nitrogen and oxygen atoms in total. The lowest BCUT2D eigenvalue weighted by atomic mass is 9.97. The number of benzene rings is 2. The Balaban J connectivity index is 1.51. The van der Waals surface area contributed by atoms with Gasteiger partial charge in [0.05, 0.1) is 19.3 Å². The van der Waals surface area contributed by atoms with Crippen molar-refractivity contribution in [2.45, 2.75) is 44.0 Å². The molecule has 1 aliphatic heterocycles. The molecule has 1 saturated carbocycles. The predicted molar refractivity (Wildman–Crippen MR) is 148 cm³/mol. The number of pyridine rings is 1. The number of hydrogen-bond donors (Lipinski definition) is 4. The van der Waals surface area contributed by atoms with Crippen LogP contribution in [-0.2, 0) is 0 Å². The van der Waals surface area contributed by atoms with Crippen molar-refractivity contribution in [2.75, 3.05) is 25.7 Å². The number of halogens is 5. The van der Waals surface area contributed by atoms with E-state index >= 15 is 4.39 Å². The molecule has 1 aliphatic carbocycles. The maximum Gasteiger partial charge on any atom is 0.432 e. The summed E-state index contributed by atoms with van der Waals surface area (Å²) >= 11 is 0. The van der Waals surface area contributed by atoms with Crippen LogP contribution in [0, 0.1) is 11.6 Å². The van der Waals surface area contributed by atoms with E-state index in [9.17, 15) is 32.6 Å². The SMILES string of the molecule is COc1cc(C(=O)NC2CC2)cc2c1NN(CC(O)c1cc(C(C)CO)c(F)c(-c3ccc(F)cc3)n1)C(C(F)(F)F)=C2. The maximum absolute atomic E-state index is 15.5. The molecular weight excluding hydrogens is 575 g/mol. The number of alkyl halides is 3. The van der Waals surface area contributed by atoms with Crippen molar-refractivity contribution in [1.29, 1.82) is 0 Å². The van der Waals surface area contributed by atoms with Crippen LogP contribution in [0.25, 0.3) is 17.3 Å². The van der Waals surface area contributed by atoms with Crippen molar-refractivity contribution in [3.05, 3.63) is 82.2 Å². The van der Waals surface area contributed by atoms with Gasteiger partial charge in [0.25, 0.3) is 5.91 Å². The number of ether oxygens (including phenoxy) is 1. The standard InChI is InChI=1S/C30H29F5N4O4/c1-15(14-40)21-12-22(37-28(26(21)32)16-3-5-19(31)6-4-16)23(41)13-39-25(30(33,34)35)11-17-9-18(29(42)36-20-7-8-20)10-24(43-2)27(17)38-39/h3-6,9-12,15,20,23,38,40-41H,7-8,13-14H2,1-2H3,(H,36,42). The Morgan fingerprint density at radius 2 is 1.88 bits per heavy atom. The highest BCUT2D eigenvalue weighted by atomic mass is 19.4. The number of carbonyl (C=O) groups excluding carboxylic acids is 1. The third-order valence-corrected chi connectivity index (χ3v) is 7.27. The van der Waals surface area contributed by atoms with Gasteiger partial charge >= 0.3 is 6.18 Å². The predicted octanol–water partition coefficient (Wildman–Crippen LogP) is 5.30. The van der Waals surface area contributed by atoms with E-state index in [1.165, 1.54) is 44.4 Å². The fraction of sp³-hybridized carbons (Fsp3) is 0.333. The molecule has 2 aromatic carbocycles. The molecule has 13 heteroatoms. The van der Waals surface area contributed by atoms with Crippen LogP contribution in [0.1, 0.15) is 59.0 Å². The number of nitrogens with zero attached hydrogens (tertiary/aromatic N) is 2. The van der Waals surface area contributed by atoms with Gasteiger partial charge in [-0.1, -0.05) is 6.92 Å². The summed E-state index contributed by atoms with van der Waals surface area (Å²) in [5.74, 6) is -2.45. The van der Waals surface area contributed by atoms with Gasteiger partial charge in [0.2, 0.25) is 0 Å². The van der Waals surface area contributed by atoms with Crippen molar-refractivity contribution in [1.82, 2.24) is 15.3 Å². The van der Waals surface area contributed by atoms with Crippen LogP contribution >= 0.6 is 0 Å². The smallest absolute Gasteiger partial charge is 0.432 e. The molecule has 228 valence electrons. The van der Waals surface area contributed by atoms with Crippen LogP contribution in [0.15, 0.2) is 48.2 Å². The maximum atomic E-state index is 15.5. The molecule has 4 N–H and O–H groups in total. The minimum atomic E-state index is -4.88. The van der Waals surface area contributed by atoms with E-state index in [0.29, 0.717) is 5.01 Å². The summed E-state index contributed by atoms with van der Waals surface area (Å²) in [4.78, 5) is 16.8. The molecule has 2 atom stereocenters. The normalized spacial score (nSPS) is 16.1. The number of aromatic nitrogens is 1. The van der Waals surface area contributed by atoms with Crippen molar-refractivity contribution >= 4 is 17.7 Å². The number of nitrogens with one attached hydrogen (secondary N) is 2. The lowest BCUT2D eigenvalue weighted by Crippen LogP contribution is -2.41. The Morgan fingerprint density at radius 3 is 2.49 bits per heavy atom.